The zero-order chi connectivity index (χ0) is 30.3. The molecule has 3 aromatic rings. The van der Waals surface area contributed by atoms with Crippen LogP contribution < -0.4 is 10.2 Å². The Morgan fingerprint density at radius 3 is 2.07 bits per heavy atom. The molecule has 0 unspecified atom stereocenters. The van der Waals surface area contributed by atoms with Gasteiger partial charge >= 0.3 is 0 Å². The number of hydrogen-bond acceptors (Lipinski definition) is 15. The minimum Gasteiger partial charge on any atom is -0.504 e. The summed E-state index contributed by atoms with van der Waals surface area (Å²) in [6.07, 6.45) is -17.2. The van der Waals surface area contributed by atoms with Gasteiger partial charge in [0.25, 0.3) is 0 Å². The van der Waals surface area contributed by atoms with Crippen molar-refractivity contribution < 1.29 is 69.3 Å². The molecule has 15 heteroatoms. The number of hydrogen-bond donors (Lipinski definition) is 9. The highest BCUT2D eigenvalue weighted by Crippen LogP contribution is 2.43. The maximum atomic E-state index is 12.9. The van der Waals surface area contributed by atoms with Crippen molar-refractivity contribution in [1.82, 2.24) is 0 Å². The summed E-state index contributed by atoms with van der Waals surface area (Å²) < 4.78 is 27.4. The van der Waals surface area contributed by atoms with Crippen LogP contribution in [0.3, 0.4) is 0 Å². The molecule has 2 fully saturated rings. The van der Waals surface area contributed by atoms with E-state index in [2.05, 4.69) is 0 Å². The van der Waals surface area contributed by atoms with Crippen LogP contribution in [-0.2, 0) is 14.2 Å². The average molecular weight is 595 g/mol. The molecule has 0 amide bonds. The van der Waals surface area contributed by atoms with Crippen LogP contribution >= 0.6 is 0 Å². The first-order valence-electron chi connectivity index (χ1n) is 12.9. The summed E-state index contributed by atoms with van der Waals surface area (Å²) in [5, 5.41) is 92.2. The van der Waals surface area contributed by atoms with Crippen molar-refractivity contribution in [2.24, 2.45) is 0 Å². The number of rotatable bonds is 7. The van der Waals surface area contributed by atoms with Gasteiger partial charge in [-0.25, -0.2) is 0 Å². The second kappa shape index (κ2) is 12.1. The lowest BCUT2D eigenvalue weighted by Gasteiger charge is -2.45. The van der Waals surface area contributed by atoms with E-state index in [0.717, 1.165) is 12.1 Å². The van der Waals surface area contributed by atoms with E-state index in [9.17, 15) is 50.8 Å². The molecule has 228 valence electrons. The van der Waals surface area contributed by atoms with E-state index in [4.69, 9.17) is 23.4 Å². The van der Waals surface area contributed by atoms with Crippen LogP contribution in [0.1, 0.15) is 0 Å². The van der Waals surface area contributed by atoms with Gasteiger partial charge in [0, 0.05) is 17.7 Å². The maximum Gasteiger partial charge on any atom is 0.229 e. The fraction of sp³-hybridized carbons (Fsp3) is 0.444. The van der Waals surface area contributed by atoms with Gasteiger partial charge in [0.1, 0.15) is 65.6 Å². The number of ether oxygens (including phenoxy) is 4. The van der Waals surface area contributed by atoms with E-state index >= 15 is 0 Å². The second-order valence-electron chi connectivity index (χ2n) is 9.91. The number of aliphatic hydroxyl groups excluding tert-OH is 7. The number of aromatic hydroxyl groups is 2. The van der Waals surface area contributed by atoms with Gasteiger partial charge in [-0.3, -0.25) is 4.79 Å². The summed E-state index contributed by atoms with van der Waals surface area (Å²) in [5.41, 5.74) is -0.280. The molecule has 15 nitrogen and oxygen atoms in total. The molecule has 2 aromatic carbocycles. The Balaban J connectivity index is 1.38. The zero-order valence-electron chi connectivity index (χ0n) is 21.7. The van der Waals surface area contributed by atoms with E-state index in [-0.39, 0.29) is 16.7 Å². The molecular formula is C27H30O15. The van der Waals surface area contributed by atoms with Crippen LogP contribution in [0.15, 0.2) is 51.7 Å². The summed E-state index contributed by atoms with van der Waals surface area (Å²) in [6, 6.07) is 10.8. The third kappa shape index (κ3) is 5.43. The summed E-state index contributed by atoms with van der Waals surface area (Å²) in [4.78, 5) is 12.9. The van der Waals surface area contributed by atoms with E-state index in [1.807, 2.05) is 0 Å². The fourth-order valence-electron chi connectivity index (χ4n) is 4.90. The number of benzene rings is 2. The molecule has 2 aliphatic heterocycles. The van der Waals surface area contributed by atoms with E-state index < -0.39 is 97.3 Å². The molecule has 9 N–H and O–H groups in total. The molecule has 10 atom stereocenters. The first-order chi connectivity index (χ1) is 20.0. The van der Waals surface area contributed by atoms with Crippen molar-refractivity contribution in [3.05, 3.63) is 52.7 Å². The van der Waals surface area contributed by atoms with Crippen LogP contribution in [0.2, 0.25) is 0 Å². The molecule has 2 saturated heterocycles. The SMILES string of the molecule is O=c1cc(-c2ccccc2)oc2cc(O)c(O[C@@H]3O[C@H](CO)[C@@H](O[C@@H]4O[C@H](CO)[C@H](O)[C@H](O)[C@H]4O)[C@H](O)[C@H]3O)c(O)c12. The topological polar surface area (TPSA) is 249 Å². The number of phenols is 2. The first-order valence-corrected chi connectivity index (χ1v) is 12.9. The molecule has 0 radical (unpaired) electrons. The van der Waals surface area contributed by atoms with E-state index in [1.54, 1.807) is 30.3 Å². The second-order valence-corrected chi connectivity index (χ2v) is 9.91. The number of aliphatic hydroxyl groups is 7. The lowest BCUT2D eigenvalue weighted by molar-refractivity contribution is -0.352. The molecule has 42 heavy (non-hydrogen) atoms. The van der Waals surface area contributed by atoms with Crippen molar-refractivity contribution in [3.63, 3.8) is 0 Å². The van der Waals surface area contributed by atoms with Gasteiger partial charge in [-0.15, -0.1) is 0 Å². The molecule has 0 bridgehead atoms. The normalized spacial score (nSPS) is 33.5. The van der Waals surface area contributed by atoms with Gasteiger partial charge in [0.15, 0.2) is 23.2 Å². The Hall–Kier alpha value is -3.35. The highest BCUT2D eigenvalue weighted by Gasteiger charge is 2.51. The zero-order valence-corrected chi connectivity index (χ0v) is 21.7. The standard InChI is InChI=1S/C27H30O15/c28-8-15-18(32)20(34)22(36)26(39-15)42-25-16(9-29)40-27(23(37)21(25)35)41-24-12(31)7-14-17(19(24)33)11(30)6-13(38-14)10-4-2-1-3-5-10/h1-7,15-16,18,20-23,25-29,31-37H,8-9H2/t15-,16-,18+,20+,21-,22-,23-,25-,26+,27+/m1/s1. The summed E-state index contributed by atoms with van der Waals surface area (Å²) >= 11 is 0. The summed E-state index contributed by atoms with van der Waals surface area (Å²) in [5.74, 6) is -2.07. The van der Waals surface area contributed by atoms with Crippen molar-refractivity contribution >= 4 is 11.0 Å². The van der Waals surface area contributed by atoms with Crippen LogP contribution in [0.4, 0.5) is 0 Å². The minimum atomic E-state index is -1.96. The molecule has 3 heterocycles. The predicted molar refractivity (Wildman–Crippen MR) is 138 cm³/mol. The van der Waals surface area contributed by atoms with Crippen molar-refractivity contribution in [2.45, 2.75) is 61.4 Å². The van der Waals surface area contributed by atoms with Gasteiger partial charge in [-0.1, -0.05) is 30.3 Å². The van der Waals surface area contributed by atoms with Gasteiger partial charge in [-0.2, -0.15) is 0 Å². The maximum absolute atomic E-state index is 12.9. The highest BCUT2D eigenvalue weighted by atomic mass is 16.7. The van der Waals surface area contributed by atoms with E-state index in [1.165, 1.54) is 0 Å². The monoisotopic (exact) mass is 594 g/mol. The van der Waals surface area contributed by atoms with Crippen molar-refractivity contribution in [1.29, 1.82) is 0 Å². The molecule has 1 aromatic heterocycles. The van der Waals surface area contributed by atoms with Crippen molar-refractivity contribution in [2.75, 3.05) is 13.2 Å². The molecular weight excluding hydrogens is 564 g/mol. The van der Waals surface area contributed by atoms with E-state index in [0.29, 0.717) is 5.56 Å². The van der Waals surface area contributed by atoms with Gasteiger partial charge < -0.3 is 69.3 Å². The van der Waals surface area contributed by atoms with Gasteiger partial charge in [0.05, 0.1) is 13.2 Å². The van der Waals surface area contributed by atoms with Crippen LogP contribution in [0, 0.1) is 0 Å². The largest absolute Gasteiger partial charge is 0.504 e. The molecule has 0 saturated carbocycles. The quantitative estimate of drug-likeness (QED) is 0.142. The Bertz CT molecular complexity index is 1440. The first kappa shape index (κ1) is 30.1. The Morgan fingerprint density at radius 1 is 0.762 bits per heavy atom. The third-order valence-electron chi connectivity index (χ3n) is 7.18. The molecule has 0 spiro atoms. The van der Waals surface area contributed by atoms with Crippen LogP contribution in [0.5, 0.6) is 17.2 Å². The lowest BCUT2D eigenvalue weighted by atomic mass is 9.97. The minimum absolute atomic E-state index is 0.171. The molecule has 2 aliphatic rings. The summed E-state index contributed by atoms with van der Waals surface area (Å²) in [6.45, 7) is -1.59. The summed E-state index contributed by atoms with van der Waals surface area (Å²) in [7, 11) is 0. The number of fused-ring (bicyclic) bond motifs is 1. The third-order valence-corrected chi connectivity index (χ3v) is 7.18. The van der Waals surface area contributed by atoms with Crippen LogP contribution in [0.25, 0.3) is 22.3 Å². The van der Waals surface area contributed by atoms with Crippen molar-refractivity contribution in [3.8, 4) is 28.6 Å². The smallest absolute Gasteiger partial charge is 0.229 e. The molecule has 5 rings (SSSR count). The molecule has 0 aliphatic carbocycles. The number of phenolic OH excluding ortho intramolecular Hbond substituents is 2. The Labute approximate surface area is 236 Å². The Kier molecular flexibility index (Phi) is 8.68. The predicted octanol–water partition coefficient (Wildman–Crippen LogP) is -2.13. The lowest BCUT2D eigenvalue weighted by Crippen LogP contribution is -2.65. The fourth-order valence-corrected chi connectivity index (χ4v) is 4.90. The highest BCUT2D eigenvalue weighted by molar-refractivity contribution is 5.89. The van der Waals surface area contributed by atoms with Crippen LogP contribution in [-0.4, -0.2) is 121 Å². The Morgan fingerprint density at radius 2 is 1.40 bits per heavy atom. The van der Waals surface area contributed by atoms with Gasteiger partial charge in [0.2, 0.25) is 12.0 Å². The average Bonchev–Trinajstić information content (AvgIpc) is 2.98. The van der Waals surface area contributed by atoms with Gasteiger partial charge in [-0.05, 0) is 0 Å².